The maximum atomic E-state index is 14.0. The molecule has 156 valence electrons. The van der Waals surface area contributed by atoms with E-state index in [1.54, 1.807) is 23.1 Å². The van der Waals surface area contributed by atoms with Crippen LogP contribution in [0.15, 0.2) is 64.3 Å². The molecule has 0 fully saturated rings. The predicted molar refractivity (Wildman–Crippen MR) is 118 cm³/mol. The molecular weight excluding hydrogens is 392 g/mol. The van der Waals surface area contributed by atoms with Gasteiger partial charge in [-0.3, -0.25) is 14.4 Å². The summed E-state index contributed by atoms with van der Waals surface area (Å²) in [5, 5.41) is 0.372. The fraction of sp³-hybridized carbons (Fsp3) is 0.240. The molecular formula is C25H22N2O4. The molecule has 0 saturated carbocycles. The summed E-state index contributed by atoms with van der Waals surface area (Å²) >= 11 is 0. The Hall–Kier alpha value is -3.67. The standard InChI is InChI=1S/C25H22N2O4/c1-4-12-26-18-9-7-6-8-17(18)25(24(26)30)20-21(28)16-14-15(3)10-11-19(16)31-22(20)23(29)27(25)13-5-2/h4,6-11,14H,1,5,12-13H2,2-3H3. The number of rotatable bonds is 4. The first-order valence-electron chi connectivity index (χ1n) is 10.4. The highest BCUT2D eigenvalue weighted by Gasteiger charge is 2.64. The van der Waals surface area contributed by atoms with Crippen LogP contribution >= 0.6 is 0 Å². The van der Waals surface area contributed by atoms with Crippen molar-refractivity contribution in [2.75, 3.05) is 18.0 Å². The number of anilines is 1. The Balaban J connectivity index is 1.94. The third-order valence-corrected chi connectivity index (χ3v) is 6.15. The zero-order valence-corrected chi connectivity index (χ0v) is 17.5. The molecule has 1 atom stereocenters. The van der Waals surface area contributed by atoms with Crippen LogP contribution in [-0.4, -0.2) is 29.8 Å². The summed E-state index contributed by atoms with van der Waals surface area (Å²) in [4.78, 5) is 44.5. The largest absolute Gasteiger partial charge is 0.450 e. The fourth-order valence-electron chi connectivity index (χ4n) is 4.94. The van der Waals surface area contributed by atoms with Gasteiger partial charge in [-0.1, -0.05) is 42.8 Å². The van der Waals surface area contributed by atoms with E-state index in [9.17, 15) is 14.4 Å². The number of hydrogen-bond acceptors (Lipinski definition) is 4. The van der Waals surface area contributed by atoms with E-state index in [2.05, 4.69) is 6.58 Å². The number of fused-ring (bicyclic) bond motifs is 5. The van der Waals surface area contributed by atoms with Crippen molar-refractivity contribution in [1.29, 1.82) is 0 Å². The summed E-state index contributed by atoms with van der Waals surface area (Å²) in [6, 6.07) is 12.6. The number of benzene rings is 2. The highest BCUT2D eigenvalue weighted by Crippen LogP contribution is 2.52. The van der Waals surface area contributed by atoms with Crippen molar-refractivity contribution in [2.24, 2.45) is 0 Å². The Morgan fingerprint density at radius 2 is 1.90 bits per heavy atom. The van der Waals surface area contributed by atoms with Crippen molar-refractivity contribution in [2.45, 2.75) is 25.8 Å². The molecule has 2 amide bonds. The predicted octanol–water partition coefficient (Wildman–Crippen LogP) is 3.74. The van der Waals surface area contributed by atoms with Gasteiger partial charge in [0.15, 0.2) is 11.0 Å². The normalized spacial score (nSPS) is 19.4. The lowest BCUT2D eigenvalue weighted by Gasteiger charge is -2.34. The van der Waals surface area contributed by atoms with Gasteiger partial charge < -0.3 is 14.2 Å². The molecule has 2 aliphatic heterocycles. The van der Waals surface area contributed by atoms with Gasteiger partial charge in [0.1, 0.15) is 5.58 Å². The number of nitrogens with zero attached hydrogens (tertiary/aromatic N) is 2. The molecule has 6 nitrogen and oxygen atoms in total. The van der Waals surface area contributed by atoms with Crippen LogP contribution in [0.4, 0.5) is 5.69 Å². The van der Waals surface area contributed by atoms with Crippen LogP contribution < -0.4 is 10.3 Å². The van der Waals surface area contributed by atoms with Crippen molar-refractivity contribution < 1.29 is 14.0 Å². The van der Waals surface area contributed by atoms with Gasteiger partial charge in [0, 0.05) is 18.7 Å². The highest BCUT2D eigenvalue weighted by molar-refractivity contribution is 6.17. The lowest BCUT2D eigenvalue weighted by molar-refractivity contribution is -0.126. The van der Waals surface area contributed by atoms with E-state index in [0.717, 1.165) is 5.56 Å². The van der Waals surface area contributed by atoms with E-state index in [1.807, 2.05) is 44.2 Å². The first-order chi connectivity index (χ1) is 15.0. The Bertz CT molecular complexity index is 1340. The van der Waals surface area contributed by atoms with Crippen LogP contribution in [-0.2, 0) is 10.3 Å². The number of para-hydroxylation sites is 1. The van der Waals surface area contributed by atoms with E-state index in [0.29, 0.717) is 35.2 Å². The molecule has 3 aromatic rings. The minimum Gasteiger partial charge on any atom is -0.450 e. The second-order valence-electron chi connectivity index (χ2n) is 8.02. The third-order valence-electron chi connectivity index (χ3n) is 6.15. The molecule has 31 heavy (non-hydrogen) atoms. The first kappa shape index (κ1) is 19.3. The van der Waals surface area contributed by atoms with Crippen LogP contribution in [0.5, 0.6) is 0 Å². The molecule has 2 aliphatic rings. The minimum absolute atomic E-state index is 0.0431. The van der Waals surface area contributed by atoms with Crippen molar-refractivity contribution in [3.05, 3.63) is 87.8 Å². The fourth-order valence-corrected chi connectivity index (χ4v) is 4.94. The average Bonchev–Trinajstić information content (AvgIpc) is 3.15. The van der Waals surface area contributed by atoms with E-state index >= 15 is 0 Å². The van der Waals surface area contributed by atoms with Gasteiger partial charge in [-0.15, -0.1) is 6.58 Å². The molecule has 0 aliphatic carbocycles. The third kappa shape index (κ3) is 2.30. The van der Waals surface area contributed by atoms with Gasteiger partial charge in [0.25, 0.3) is 11.8 Å². The Kier molecular flexibility index (Phi) is 4.15. The lowest BCUT2D eigenvalue weighted by Crippen LogP contribution is -2.53. The van der Waals surface area contributed by atoms with Crippen LogP contribution in [0.2, 0.25) is 0 Å². The molecule has 1 unspecified atom stereocenters. The van der Waals surface area contributed by atoms with Gasteiger partial charge in [-0.2, -0.15) is 0 Å². The molecule has 6 heteroatoms. The van der Waals surface area contributed by atoms with E-state index in [1.165, 1.54) is 4.90 Å². The van der Waals surface area contributed by atoms with Crippen LogP contribution in [0, 0.1) is 6.92 Å². The molecule has 1 spiro atoms. The molecule has 0 bridgehead atoms. The average molecular weight is 414 g/mol. The van der Waals surface area contributed by atoms with Crippen molar-refractivity contribution in [3.63, 3.8) is 0 Å². The van der Waals surface area contributed by atoms with Gasteiger partial charge in [0.05, 0.1) is 16.6 Å². The smallest absolute Gasteiger partial charge is 0.291 e. The van der Waals surface area contributed by atoms with Crippen LogP contribution in [0.3, 0.4) is 0 Å². The van der Waals surface area contributed by atoms with Crippen molar-refractivity contribution >= 4 is 28.5 Å². The maximum absolute atomic E-state index is 14.0. The van der Waals surface area contributed by atoms with Crippen LogP contribution in [0.25, 0.3) is 11.0 Å². The molecule has 1 aromatic heterocycles. The minimum atomic E-state index is -1.53. The Morgan fingerprint density at radius 1 is 1.13 bits per heavy atom. The Morgan fingerprint density at radius 3 is 2.65 bits per heavy atom. The zero-order valence-electron chi connectivity index (χ0n) is 17.5. The molecule has 0 radical (unpaired) electrons. The molecule has 3 heterocycles. The van der Waals surface area contributed by atoms with E-state index < -0.39 is 11.4 Å². The highest BCUT2D eigenvalue weighted by atomic mass is 16.3. The summed E-state index contributed by atoms with van der Waals surface area (Å²) < 4.78 is 5.99. The van der Waals surface area contributed by atoms with Gasteiger partial charge in [-0.05, 0) is 31.5 Å². The lowest BCUT2D eigenvalue weighted by atomic mass is 9.84. The Labute approximate surface area is 179 Å². The second kappa shape index (κ2) is 6.67. The molecule has 2 aromatic carbocycles. The summed E-state index contributed by atoms with van der Waals surface area (Å²) in [6.45, 7) is 8.19. The molecule has 0 saturated heterocycles. The quantitative estimate of drug-likeness (QED) is 0.610. The summed E-state index contributed by atoms with van der Waals surface area (Å²) in [5.74, 6) is -0.799. The SMILES string of the molecule is C=CCN1C(=O)C2(c3ccccc31)c1c(oc3ccc(C)cc3c1=O)C(=O)N2CCC. The van der Waals surface area contributed by atoms with E-state index in [-0.39, 0.29) is 29.2 Å². The van der Waals surface area contributed by atoms with E-state index in [4.69, 9.17) is 4.42 Å². The maximum Gasteiger partial charge on any atom is 0.291 e. The topological polar surface area (TPSA) is 70.8 Å². The zero-order chi connectivity index (χ0) is 21.9. The number of amides is 2. The van der Waals surface area contributed by atoms with Crippen molar-refractivity contribution in [1.82, 2.24) is 4.90 Å². The monoisotopic (exact) mass is 414 g/mol. The van der Waals surface area contributed by atoms with Crippen LogP contribution in [0.1, 0.15) is 40.6 Å². The summed E-state index contributed by atoms with van der Waals surface area (Å²) in [5.41, 5.74) is 0.802. The molecule has 0 N–H and O–H groups in total. The number of aryl methyl sites for hydroxylation is 1. The summed E-state index contributed by atoms with van der Waals surface area (Å²) in [6.07, 6.45) is 2.27. The van der Waals surface area contributed by atoms with Crippen molar-refractivity contribution in [3.8, 4) is 0 Å². The molecule has 5 rings (SSSR count). The number of carbonyl (C=O) groups is 2. The first-order valence-corrected chi connectivity index (χ1v) is 10.4. The second-order valence-corrected chi connectivity index (χ2v) is 8.02. The number of hydrogen-bond donors (Lipinski definition) is 0. The van der Waals surface area contributed by atoms with Gasteiger partial charge in [0.2, 0.25) is 5.76 Å². The van der Waals surface area contributed by atoms with Gasteiger partial charge in [-0.25, -0.2) is 0 Å². The number of carbonyl (C=O) groups excluding carboxylic acids is 2. The van der Waals surface area contributed by atoms with Gasteiger partial charge >= 0.3 is 0 Å². The summed E-state index contributed by atoms with van der Waals surface area (Å²) in [7, 11) is 0.